The number of hydrogen-bond donors (Lipinski definition) is 1. The number of aryl methyl sites for hydroxylation is 1. The van der Waals surface area contributed by atoms with E-state index in [1.165, 1.54) is 5.56 Å². The zero-order valence-corrected chi connectivity index (χ0v) is 18.2. The summed E-state index contributed by atoms with van der Waals surface area (Å²) in [7, 11) is 1.79. The van der Waals surface area contributed by atoms with Crippen LogP contribution < -0.4 is 16.4 Å². The highest BCUT2D eigenvalue weighted by molar-refractivity contribution is 5.96. The first-order chi connectivity index (χ1) is 15.1. The molecule has 1 aromatic heterocycles. The van der Waals surface area contributed by atoms with E-state index in [1.807, 2.05) is 19.1 Å². The number of benzene rings is 1. The summed E-state index contributed by atoms with van der Waals surface area (Å²) >= 11 is 0. The first kappa shape index (κ1) is 20.9. The van der Waals surface area contributed by atoms with Crippen molar-refractivity contribution in [2.24, 2.45) is 15.0 Å². The summed E-state index contributed by atoms with van der Waals surface area (Å²) in [6.07, 6.45) is 3.42. The molecule has 9 heteroatoms. The van der Waals surface area contributed by atoms with Gasteiger partial charge in [-0.2, -0.15) is 0 Å². The third-order valence-electron chi connectivity index (χ3n) is 5.38. The largest absolute Gasteiger partial charge is 0.484 e. The van der Waals surface area contributed by atoms with Crippen LogP contribution in [0.2, 0.25) is 0 Å². The van der Waals surface area contributed by atoms with Crippen LogP contribution in [0.3, 0.4) is 0 Å². The Morgan fingerprint density at radius 1 is 1.19 bits per heavy atom. The van der Waals surface area contributed by atoms with Crippen LogP contribution in [-0.2, 0) is 11.3 Å². The van der Waals surface area contributed by atoms with Gasteiger partial charge in [-0.05, 0) is 43.7 Å². The van der Waals surface area contributed by atoms with Crippen molar-refractivity contribution in [3.63, 3.8) is 0 Å². The molecule has 1 saturated heterocycles. The van der Waals surface area contributed by atoms with E-state index in [0.29, 0.717) is 6.61 Å². The van der Waals surface area contributed by atoms with Crippen molar-refractivity contribution in [1.29, 1.82) is 0 Å². The van der Waals surface area contributed by atoms with E-state index < -0.39 is 0 Å². The summed E-state index contributed by atoms with van der Waals surface area (Å²) in [5.74, 6) is 1.80. The number of anilines is 1. The van der Waals surface area contributed by atoms with Gasteiger partial charge < -0.3 is 15.4 Å². The quantitative estimate of drug-likeness (QED) is 0.433. The van der Waals surface area contributed by atoms with E-state index in [1.54, 1.807) is 19.3 Å². The molecule has 2 N–H and O–H groups in total. The summed E-state index contributed by atoms with van der Waals surface area (Å²) in [6, 6.07) is 8.01. The summed E-state index contributed by atoms with van der Waals surface area (Å²) in [4.78, 5) is 26.7. The van der Waals surface area contributed by atoms with Crippen molar-refractivity contribution in [3.05, 3.63) is 64.3 Å². The molecule has 0 bridgehead atoms. The molecule has 1 atom stereocenters. The predicted molar refractivity (Wildman–Crippen MR) is 119 cm³/mol. The summed E-state index contributed by atoms with van der Waals surface area (Å²) in [5, 5.41) is 1.96. The molecule has 31 heavy (non-hydrogen) atoms. The van der Waals surface area contributed by atoms with Gasteiger partial charge in [0.15, 0.2) is 17.9 Å². The number of nitrogen functional groups attached to an aromatic ring is 1. The number of aromatic nitrogens is 2. The van der Waals surface area contributed by atoms with Gasteiger partial charge in [-0.3, -0.25) is 9.89 Å². The van der Waals surface area contributed by atoms with Gasteiger partial charge in [-0.15, -0.1) is 0 Å². The number of fused-ring (bicyclic) bond motifs is 1. The molecule has 9 nitrogen and oxygen atoms in total. The number of hydrogen-bond acceptors (Lipinski definition) is 8. The van der Waals surface area contributed by atoms with Crippen LogP contribution in [0.5, 0.6) is 0 Å². The van der Waals surface area contributed by atoms with E-state index in [-0.39, 0.29) is 12.2 Å². The SMILES string of the molecule is C/C=C(OCc1ccnc(N)n1)\C(=N/C)N1CCN(C2N=c3ccc(C)cc3=N2)CC1. The number of rotatable bonds is 5. The van der Waals surface area contributed by atoms with Crippen molar-refractivity contribution in [2.75, 3.05) is 39.0 Å². The van der Waals surface area contributed by atoms with Crippen LogP contribution in [0.1, 0.15) is 18.2 Å². The highest BCUT2D eigenvalue weighted by atomic mass is 16.5. The highest BCUT2D eigenvalue weighted by Gasteiger charge is 2.27. The van der Waals surface area contributed by atoms with Crippen LogP contribution >= 0.6 is 0 Å². The summed E-state index contributed by atoms with van der Waals surface area (Å²) < 4.78 is 6.01. The second kappa shape index (κ2) is 9.22. The zero-order chi connectivity index (χ0) is 21.8. The van der Waals surface area contributed by atoms with Crippen molar-refractivity contribution in [2.45, 2.75) is 26.7 Å². The van der Waals surface area contributed by atoms with Gasteiger partial charge in [0.05, 0.1) is 16.4 Å². The fourth-order valence-electron chi connectivity index (χ4n) is 3.78. The number of amidine groups is 1. The highest BCUT2D eigenvalue weighted by Crippen LogP contribution is 2.15. The third-order valence-corrected chi connectivity index (χ3v) is 5.38. The van der Waals surface area contributed by atoms with Gasteiger partial charge in [-0.1, -0.05) is 6.07 Å². The Morgan fingerprint density at radius 2 is 1.97 bits per heavy atom. The third kappa shape index (κ3) is 4.72. The Hall–Kier alpha value is -3.33. The molecule has 0 spiro atoms. The van der Waals surface area contributed by atoms with Gasteiger partial charge >= 0.3 is 0 Å². The van der Waals surface area contributed by atoms with Crippen LogP contribution in [0.4, 0.5) is 5.95 Å². The molecule has 3 heterocycles. The molecular formula is C22H28N8O. The smallest absolute Gasteiger partial charge is 0.220 e. The molecule has 0 saturated carbocycles. The molecule has 1 unspecified atom stereocenters. The second-order valence-electron chi connectivity index (χ2n) is 7.51. The fourth-order valence-corrected chi connectivity index (χ4v) is 3.78. The van der Waals surface area contributed by atoms with Gasteiger partial charge in [0.25, 0.3) is 0 Å². The molecule has 0 radical (unpaired) electrons. The maximum absolute atomic E-state index is 6.01. The normalized spacial score (nSPS) is 19.6. The number of nitrogens with two attached hydrogens (primary N) is 1. The van der Waals surface area contributed by atoms with E-state index in [4.69, 9.17) is 20.5 Å². The molecule has 162 valence electrons. The maximum Gasteiger partial charge on any atom is 0.220 e. The molecule has 1 fully saturated rings. The Morgan fingerprint density at radius 3 is 2.68 bits per heavy atom. The van der Waals surface area contributed by atoms with Crippen LogP contribution in [0.15, 0.2) is 57.3 Å². The van der Waals surface area contributed by atoms with Crippen molar-refractivity contribution < 1.29 is 4.74 Å². The standard InChI is InChI=1S/C22H28N8O/c1-4-19(31-14-16-7-8-25-21(23)26-16)20(24-3)29-9-11-30(12-10-29)22-27-17-6-5-15(2)13-18(17)28-22/h4-8,13,22H,9-12,14H2,1-3H3,(H2,23,25,26)/b19-4+,24-20+. The zero-order valence-electron chi connectivity index (χ0n) is 18.2. The number of allylic oxidation sites excluding steroid dienone is 1. The van der Waals surface area contributed by atoms with Gasteiger partial charge in [-0.25, -0.2) is 20.0 Å². The molecular weight excluding hydrogens is 392 g/mol. The minimum absolute atomic E-state index is 0.137. The molecule has 0 amide bonds. The molecule has 1 aromatic carbocycles. The van der Waals surface area contributed by atoms with Crippen molar-refractivity contribution in [1.82, 2.24) is 19.8 Å². The number of aliphatic imine (C=N–C) groups is 1. The lowest BCUT2D eigenvalue weighted by Gasteiger charge is -2.37. The fraction of sp³-hybridized carbons (Fsp3) is 0.409. The minimum Gasteiger partial charge on any atom is -0.484 e. The molecule has 2 aliphatic rings. The molecule has 0 aliphatic carbocycles. The van der Waals surface area contributed by atoms with Crippen molar-refractivity contribution >= 4 is 11.8 Å². The molecule has 4 rings (SSSR count). The Kier molecular flexibility index (Phi) is 6.22. The van der Waals surface area contributed by atoms with E-state index in [2.05, 4.69) is 43.8 Å². The Labute approximate surface area is 181 Å². The Bertz CT molecular complexity index is 1120. The topological polar surface area (TPSA) is 105 Å². The molecule has 2 aliphatic heterocycles. The van der Waals surface area contributed by atoms with Crippen LogP contribution in [0, 0.1) is 6.92 Å². The number of piperazine rings is 1. The summed E-state index contributed by atoms with van der Waals surface area (Å²) in [5.41, 5.74) is 7.59. The van der Waals surface area contributed by atoms with Crippen LogP contribution in [0.25, 0.3) is 0 Å². The monoisotopic (exact) mass is 420 g/mol. The van der Waals surface area contributed by atoms with Gasteiger partial charge in [0.1, 0.15) is 6.61 Å². The minimum atomic E-state index is -0.137. The van der Waals surface area contributed by atoms with E-state index in [0.717, 1.165) is 54.2 Å². The van der Waals surface area contributed by atoms with E-state index in [9.17, 15) is 0 Å². The lowest BCUT2D eigenvalue weighted by molar-refractivity contribution is 0.133. The average Bonchev–Trinajstić information content (AvgIpc) is 3.20. The maximum atomic E-state index is 6.01. The van der Waals surface area contributed by atoms with Gasteiger partial charge in [0, 0.05) is 39.4 Å². The van der Waals surface area contributed by atoms with Crippen molar-refractivity contribution in [3.8, 4) is 0 Å². The first-order valence-corrected chi connectivity index (χ1v) is 10.4. The number of ether oxygens (including phenoxy) is 1. The number of nitrogens with zero attached hydrogens (tertiary/aromatic N) is 7. The Balaban J connectivity index is 1.37. The second-order valence-corrected chi connectivity index (χ2v) is 7.51. The first-order valence-electron chi connectivity index (χ1n) is 10.4. The summed E-state index contributed by atoms with van der Waals surface area (Å²) in [6.45, 7) is 7.68. The van der Waals surface area contributed by atoms with Crippen LogP contribution in [-0.4, -0.2) is 65.1 Å². The lowest BCUT2D eigenvalue weighted by atomic mass is 10.2. The predicted octanol–water partition coefficient (Wildman–Crippen LogP) is 0.670. The molecule has 2 aromatic rings. The lowest BCUT2D eigenvalue weighted by Crippen LogP contribution is -2.51. The average molecular weight is 421 g/mol. The van der Waals surface area contributed by atoms with E-state index >= 15 is 0 Å². The van der Waals surface area contributed by atoms with Gasteiger partial charge in [0.2, 0.25) is 5.95 Å².